The predicted octanol–water partition coefficient (Wildman–Crippen LogP) is -0.0442. The molecule has 4 rings (SSSR count). The maximum Gasteiger partial charge on any atom is 0.326 e. The Morgan fingerprint density at radius 3 is 2.54 bits per heavy atom. The van der Waals surface area contributed by atoms with Crippen molar-refractivity contribution in [3.8, 4) is 0 Å². The van der Waals surface area contributed by atoms with Crippen molar-refractivity contribution in [1.82, 2.24) is 25.0 Å². The molecular formula is C18H31N5O4S. The summed E-state index contributed by atoms with van der Waals surface area (Å²) in [6.07, 6.45) is 3.04. The fourth-order valence-electron chi connectivity index (χ4n) is 4.85. The van der Waals surface area contributed by atoms with Crippen LogP contribution in [-0.2, 0) is 14.8 Å². The van der Waals surface area contributed by atoms with Crippen LogP contribution in [0.25, 0.3) is 0 Å². The molecular weight excluding hydrogens is 382 g/mol. The van der Waals surface area contributed by atoms with Crippen molar-refractivity contribution in [1.29, 1.82) is 0 Å². The van der Waals surface area contributed by atoms with Crippen LogP contribution in [0, 0.1) is 11.8 Å². The first-order valence-electron chi connectivity index (χ1n) is 10.2. The van der Waals surface area contributed by atoms with Gasteiger partial charge in [-0.3, -0.25) is 15.1 Å². The summed E-state index contributed by atoms with van der Waals surface area (Å²) < 4.78 is 28.5. The molecule has 9 nitrogen and oxygen atoms in total. The lowest BCUT2D eigenvalue weighted by atomic mass is 9.80. The predicted molar refractivity (Wildman–Crippen MR) is 104 cm³/mol. The first-order valence-corrected chi connectivity index (χ1v) is 11.7. The zero-order chi connectivity index (χ0) is 20.3. The van der Waals surface area contributed by atoms with Crippen LogP contribution in [0.2, 0.25) is 0 Å². The third kappa shape index (κ3) is 3.67. The molecule has 0 radical (unpaired) electrons. The largest absolute Gasteiger partial charge is 0.326 e. The summed E-state index contributed by atoms with van der Waals surface area (Å²) >= 11 is 0. The third-order valence-corrected chi connectivity index (χ3v) is 8.89. The van der Waals surface area contributed by atoms with Crippen molar-refractivity contribution >= 4 is 22.0 Å². The summed E-state index contributed by atoms with van der Waals surface area (Å²) in [5.41, 5.74) is 2.93. The van der Waals surface area contributed by atoms with E-state index < -0.39 is 21.2 Å². The Kier molecular flexibility index (Phi) is 4.96. The summed E-state index contributed by atoms with van der Waals surface area (Å²) in [5, 5.41) is 1.44. The van der Waals surface area contributed by atoms with Gasteiger partial charge in [0.05, 0.1) is 11.2 Å². The van der Waals surface area contributed by atoms with Crippen LogP contribution in [0.5, 0.6) is 0 Å². The van der Waals surface area contributed by atoms with E-state index in [1.54, 1.807) is 0 Å². The van der Waals surface area contributed by atoms with Crippen LogP contribution in [0.3, 0.4) is 0 Å². The number of nitrogens with zero attached hydrogens (tertiary/aromatic N) is 3. The number of carbonyl (C=O) groups is 2. The van der Waals surface area contributed by atoms with Crippen LogP contribution in [0.4, 0.5) is 4.79 Å². The fraction of sp³-hybridized carbons (Fsp3) is 0.889. The van der Waals surface area contributed by atoms with E-state index in [1.165, 1.54) is 11.9 Å². The van der Waals surface area contributed by atoms with E-state index in [0.29, 0.717) is 25.3 Å². The van der Waals surface area contributed by atoms with Gasteiger partial charge in [-0.2, -0.15) is 0 Å². The standard InChI is InChI=1S/C18H31N5O4S/c1-18(6-7-18)20-28(26,27)13-4-5-15-14(8-13)16(24)22(3)17(25)23(15)11-12-9-19-21(2)10-12/h12-15,19-20H,4-11H2,1-3H3. The number of rotatable bonds is 5. The molecule has 0 aromatic carbocycles. The molecule has 2 aliphatic heterocycles. The van der Waals surface area contributed by atoms with Crippen LogP contribution >= 0.6 is 0 Å². The molecule has 0 spiro atoms. The molecule has 2 saturated carbocycles. The number of fused-ring (bicyclic) bond motifs is 1. The fourth-order valence-corrected chi connectivity index (χ4v) is 6.81. The lowest BCUT2D eigenvalue weighted by Crippen LogP contribution is -2.64. The third-order valence-electron chi connectivity index (χ3n) is 6.81. The monoisotopic (exact) mass is 413 g/mol. The smallest absolute Gasteiger partial charge is 0.320 e. The highest BCUT2D eigenvalue weighted by molar-refractivity contribution is 7.90. The number of hydrogen-bond acceptors (Lipinski definition) is 6. The highest BCUT2D eigenvalue weighted by atomic mass is 32.2. The summed E-state index contributed by atoms with van der Waals surface area (Å²) in [7, 11) is 0.00904. The first-order chi connectivity index (χ1) is 13.1. The minimum atomic E-state index is -3.47. The quantitative estimate of drug-likeness (QED) is 0.656. The van der Waals surface area contributed by atoms with Gasteiger partial charge < -0.3 is 4.90 Å². The SMILES string of the molecule is CN1CC(CN2C(=O)N(C)C(=O)C3CC(S(=O)(=O)NC4(C)CC4)CCC32)CN1. The van der Waals surface area contributed by atoms with E-state index in [4.69, 9.17) is 0 Å². The maximum atomic E-state index is 12.8. The van der Waals surface area contributed by atoms with E-state index in [0.717, 1.165) is 25.9 Å². The van der Waals surface area contributed by atoms with Gasteiger partial charge in [-0.25, -0.2) is 22.9 Å². The lowest BCUT2D eigenvalue weighted by Gasteiger charge is -2.48. The van der Waals surface area contributed by atoms with Crippen LogP contribution in [0.15, 0.2) is 0 Å². The van der Waals surface area contributed by atoms with Gasteiger partial charge in [0.25, 0.3) is 0 Å². The molecule has 158 valence electrons. The van der Waals surface area contributed by atoms with Gasteiger partial charge in [0.1, 0.15) is 0 Å². The molecule has 3 amide bonds. The van der Waals surface area contributed by atoms with Gasteiger partial charge in [-0.15, -0.1) is 0 Å². The molecule has 0 bridgehead atoms. The topological polar surface area (TPSA) is 102 Å². The van der Waals surface area contributed by atoms with Crippen molar-refractivity contribution in [2.24, 2.45) is 11.8 Å². The molecule has 10 heteroatoms. The molecule has 2 aliphatic carbocycles. The van der Waals surface area contributed by atoms with Gasteiger partial charge in [-0.05, 0) is 39.0 Å². The Balaban J connectivity index is 1.50. The second kappa shape index (κ2) is 6.93. The van der Waals surface area contributed by atoms with E-state index in [1.807, 2.05) is 23.9 Å². The first kappa shape index (κ1) is 20.1. The molecule has 2 heterocycles. The van der Waals surface area contributed by atoms with Crippen molar-refractivity contribution in [3.05, 3.63) is 0 Å². The second-order valence-corrected chi connectivity index (χ2v) is 11.2. The Bertz CT molecular complexity index is 768. The number of carbonyl (C=O) groups excluding carboxylic acids is 2. The summed E-state index contributed by atoms with van der Waals surface area (Å²) in [5.74, 6) is -0.392. The summed E-state index contributed by atoms with van der Waals surface area (Å²) in [6.45, 7) is 4.15. The zero-order valence-electron chi connectivity index (χ0n) is 16.8. The summed E-state index contributed by atoms with van der Waals surface area (Å²) in [6, 6.07) is -0.462. The van der Waals surface area contributed by atoms with Gasteiger partial charge in [0, 0.05) is 51.2 Å². The highest BCUT2D eigenvalue weighted by Crippen LogP contribution is 2.40. The normalized spacial score (nSPS) is 36.0. The van der Waals surface area contributed by atoms with Crippen molar-refractivity contribution in [2.75, 3.05) is 33.7 Å². The number of sulfonamides is 1. The van der Waals surface area contributed by atoms with E-state index >= 15 is 0 Å². The Morgan fingerprint density at radius 2 is 1.93 bits per heavy atom. The summed E-state index contributed by atoms with van der Waals surface area (Å²) in [4.78, 5) is 28.6. The van der Waals surface area contributed by atoms with Gasteiger partial charge in [0.2, 0.25) is 15.9 Å². The van der Waals surface area contributed by atoms with Gasteiger partial charge in [-0.1, -0.05) is 0 Å². The number of amides is 3. The molecule has 4 aliphatic rings. The van der Waals surface area contributed by atoms with Crippen LogP contribution in [0.1, 0.15) is 39.0 Å². The van der Waals surface area contributed by atoms with E-state index in [2.05, 4.69) is 10.1 Å². The molecule has 2 saturated heterocycles. The number of urea groups is 1. The van der Waals surface area contributed by atoms with Gasteiger partial charge in [0.15, 0.2) is 0 Å². The van der Waals surface area contributed by atoms with Crippen molar-refractivity contribution < 1.29 is 18.0 Å². The average molecular weight is 414 g/mol. The van der Waals surface area contributed by atoms with Crippen molar-refractivity contribution in [2.45, 2.75) is 55.9 Å². The minimum absolute atomic E-state index is 0.204. The number of nitrogens with one attached hydrogen (secondary N) is 2. The zero-order valence-corrected chi connectivity index (χ0v) is 17.7. The van der Waals surface area contributed by atoms with Gasteiger partial charge >= 0.3 is 6.03 Å². The average Bonchev–Trinajstić information content (AvgIpc) is 3.20. The Labute approximate surface area is 166 Å². The number of hydrazine groups is 1. The molecule has 2 N–H and O–H groups in total. The number of imide groups is 1. The molecule has 0 aromatic rings. The number of hydrogen-bond donors (Lipinski definition) is 2. The Morgan fingerprint density at radius 1 is 1.21 bits per heavy atom. The van der Waals surface area contributed by atoms with Crippen LogP contribution in [-0.4, -0.2) is 85.7 Å². The molecule has 28 heavy (non-hydrogen) atoms. The molecule has 0 aromatic heterocycles. The second-order valence-electron chi connectivity index (χ2n) is 9.26. The molecule has 4 fully saturated rings. The lowest BCUT2D eigenvalue weighted by molar-refractivity contribution is -0.139. The van der Waals surface area contributed by atoms with E-state index in [9.17, 15) is 18.0 Å². The molecule has 4 unspecified atom stereocenters. The maximum absolute atomic E-state index is 12.8. The van der Waals surface area contributed by atoms with E-state index in [-0.39, 0.29) is 29.9 Å². The van der Waals surface area contributed by atoms with Crippen LogP contribution < -0.4 is 10.1 Å². The van der Waals surface area contributed by atoms with Crippen molar-refractivity contribution in [3.63, 3.8) is 0 Å². The highest BCUT2D eigenvalue weighted by Gasteiger charge is 2.51. The Hall–Kier alpha value is -1.23. The minimum Gasteiger partial charge on any atom is -0.320 e. The molecule has 4 atom stereocenters.